The number of anilines is 1. The highest BCUT2D eigenvalue weighted by Crippen LogP contribution is 2.48. The number of nitrogens with one attached hydrogen (secondary N) is 1. The first kappa shape index (κ1) is 25.9. The van der Waals surface area contributed by atoms with Crippen LogP contribution in [0.2, 0.25) is 0 Å². The summed E-state index contributed by atoms with van der Waals surface area (Å²) in [7, 11) is 0. The third-order valence-corrected chi connectivity index (χ3v) is 6.59. The summed E-state index contributed by atoms with van der Waals surface area (Å²) in [6, 6.07) is 8.45. The molecule has 0 radical (unpaired) electrons. The van der Waals surface area contributed by atoms with Crippen LogP contribution >= 0.6 is 15.9 Å². The van der Waals surface area contributed by atoms with E-state index in [1.54, 1.807) is 24.3 Å². The molecule has 0 aromatic heterocycles. The lowest BCUT2D eigenvalue weighted by molar-refractivity contribution is -0.154. The molecule has 182 valence electrons. The number of rotatable bonds is 6. The first-order valence-corrected chi connectivity index (χ1v) is 11.1. The average molecular weight is 544 g/mol. The van der Waals surface area contributed by atoms with E-state index < -0.39 is 58.5 Å². The van der Waals surface area contributed by atoms with Gasteiger partial charge in [0.05, 0.1) is 28.7 Å². The summed E-state index contributed by atoms with van der Waals surface area (Å²) >= 11 is 3.31. The Hall–Kier alpha value is -2.72. The highest BCUT2D eigenvalue weighted by molar-refractivity contribution is 9.10. The molecule has 2 aromatic rings. The zero-order chi connectivity index (χ0) is 25.3. The Labute approximate surface area is 201 Å². The van der Waals surface area contributed by atoms with Crippen LogP contribution in [0.15, 0.2) is 59.6 Å². The highest BCUT2D eigenvalue weighted by atomic mass is 79.9. The van der Waals surface area contributed by atoms with E-state index in [1.165, 1.54) is 6.08 Å². The van der Waals surface area contributed by atoms with Crippen LogP contribution in [0.4, 0.5) is 23.2 Å². The SMILES string of the molecule is C=CC[C@@]1(O)C[C@H](c2ccc(Br)cc2)[C@@H](C(=O)O)[C@H](C(=O)Nc2ccc(C(F)(F)F)cc2F)C1. The van der Waals surface area contributed by atoms with Gasteiger partial charge in [0, 0.05) is 10.4 Å². The van der Waals surface area contributed by atoms with Gasteiger partial charge in [0.25, 0.3) is 0 Å². The van der Waals surface area contributed by atoms with Gasteiger partial charge in [-0.2, -0.15) is 13.2 Å². The van der Waals surface area contributed by atoms with Crippen molar-refractivity contribution in [1.82, 2.24) is 0 Å². The summed E-state index contributed by atoms with van der Waals surface area (Å²) in [4.78, 5) is 25.4. The minimum atomic E-state index is -4.76. The van der Waals surface area contributed by atoms with Crippen molar-refractivity contribution >= 4 is 33.5 Å². The molecule has 0 aliphatic heterocycles. The van der Waals surface area contributed by atoms with Crippen LogP contribution in [0, 0.1) is 17.7 Å². The largest absolute Gasteiger partial charge is 0.481 e. The number of carboxylic acids is 1. The Bertz CT molecular complexity index is 1090. The molecule has 1 aliphatic carbocycles. The molecular formula is C24H22BrF4NO4. The number of carbonyl (C=O) groups is 2. The Balaban J connectivity index is 1.97. The number of aliphatic hydroxyl groups is 1. The van der Waals surface area contributed by atoms with E-state index in [-0.39, 0.29) is 25.3 Å². The standard InChI is InChI=1S/C24H22BrF4NO4/c1-2-9-23(34)11-16(13-3-6-15(25)7-4-13)20(22(32)33)17(12-23)21(31)30-19-8-5-14(10-18(19)26)24(27,28)29/h2-8,10,16-17,20,34H,1,9,11-12H2,(H,30,31)(H,32,33)/t16-,17-,20-,23-/m1/s1. The lowest BCUT2D eigenvalue weighted by atomic mass is 9.62. The smallest absolute Gasteiger partial charge is 0.416 e. The summed E-state index contributed by atoms with van der Waals surface area (Å²) in [5.74, 6) is -6.79. The second-order valence-corrected chi connectivity index (χ2v) is 9.35. The summed E-state index contributed by atoms with van der Waals surface area (Å²) in [5, 5.41) is 23.4. The summed E-state index contributed by atoms with van der Waals surface area (Å²) in [5.41, 5.74) is -2.59. The maximum absolute atomic E-state index is 14.3. The monoisotopic (exact) mass is 543 g/mol. The van der Waals surface area contributed by atoms with Gasteiger partial charge in [-0.05, 0) is 55.2 Å². The molecule has 2 aromatic carbocycles. The summed E-state index contributed by atoms with van der Waals surface area (Å²) in [6.07, 6.45) is -3.40. The van der Waals surface area contributed by atoms with Crippen molar-refractivity contribution in [1.29, 1.82) is 0 Å². The topological polar surface area (TPSA) is 86.6 Å². The Morgan fingerprint density at radius 1 is 1.18 bits per heavy atom. The zero-order valence-corrected chi connectivity index (χ0v) is 19.4. The number of halogens is 5. The van der Waals surface area contributed by atoms with Crippen molar-refractivity contribution in [3.05, 3.63) is 76.5 Å². The van der Waals surface area contributed by atoms with Crippen LogP contribution in [0.1, 0.15) is 36.3 Å². The molecule has 0 bridgehead atoms. The average Bonchev–Trinajstić information content (AvgIpc) is 2.74. The van der Waals surface area contributed by atoms with Crippen molar-refractivity contribution in [2.75, 3.05) is 5.32 Å². The van der Waals surface area contributed by atoms with E-state index in [2.05, 4.69) is 27.8 Å². The Kier molecular flexibility index (Phi) is 7.52. The number of hydrogen-bond donors (Lipinski definition) is 3. The number of amides is 1. The fourth-order valence-electron chi connectivity index (χ4n) is 4.53. The van der Waals surface area contributed by atoms with Gasteiger partial charge in [-0.15, -0.1) is 6.58 Å². The maximum Gasteiger partial charge on any atom is 0.416 e. The van der Waals surface area contributed by atoms with Gasteiger partial charge >= 0.3 is 12.1 Å². The van der Waals surface area contributed by atoms with Gasteiger partial charge in [-0.25, -0.2) is 4.39 Å². The normalized spacial score (nSPS) is 24.9. The first-order chi connectivity index (χ1) is 15.8. The lowest BCUT2D eigenvalue weighted by Crippen LogP contribution is -2.49. The van der Waals surface area contributed by atoms with Crippen LogP contribution < -0.4 is 5.32 Å². The van der Waals surface area contributed by atoms with Gasteiger partial charge in [0.1, 0.15) is 5.82 Å². The van der Waals surface area contributed by atoms with Gasteiger partial charge in [-0.3, -0.25) is 9.59 Å². The predicted octanol–water partition coefficient (Wildman–Crippen LogP) is 5.75. The van der Waals surface area contributed by atoms with Crippen molar-refractivity contribution in [2.45, 2.75) is 37.0 Å². The predicted molar refractivity (Wildman–Crippen MR) is 121 cm³/mol. The quantitative estimate of drug-likeness (QED) is 0.320. The van der Waals surface area contributed by atoms with E-state index in [4.69, 9.17) is 0 Å². The maximum atomic E-state index is 14.3. The Morgan fingerprint density at radius 3 is 2.35 bits per heavy atom. The molecule has 0 heterocycles. The van der Waals surface area contributed by atoms with Crippen LogP contribution in [-0.2, 0) is 15.8 Å². The van der Waals surface area contributed by atoms with E-state index in [0.717, 1.165) is 10.5 Å². The number of carboxylic acid groups (broad SMARTS) is 1. The van der Waals surface area contributed by atoms with Crippen molar-refractivity contribution in [3.8, 4) is 0 Å². The molecule has 1 amide bonds. The minimum Gasteiger partial charge on any atom is -0.481 e. The Morgan fingerprint density at radius 2 is 1.82 bits per heavy atom. The molecule has 1 aliphatic rings. The van der Waals surface area contributed by atoms with E-state index in [0.29, 0.717) is 11.6 Å². The molecule has 0 unspecified atom stereocenters. The van der Waals surface area contributed by atoms with Crippen LogP contribution in [0.3, 0.4) is 0 Å². The molecule has 0 spiro atoms. The van der Waals surface area contributed by atoms with E-state index in [9.17, 15) is 37.4 Å². The van der Waals surface area contributed by atoms with Crippen LogP contribution in [-0.4, -0.2) is 27.7 Å². The molecule has 10 heteroatoms. The minimum absolute atomic E-state index is 0.0516. The molecule has 5 nitrogen and oxygen atoms in total. The molecule has 3 N–H and O–H groups in total. The summed E-state index contributed by atoms with van der Waals surface area (Å²) in [6.45, 7) is 3.62. The number of aliphatic carboxylic acids is 1. The summed E-state index contributed by atoms with van der Waals surface area (Å²) < 4.78 is 53.5. The molecule has 4 atom stereocenters. The molecule has 3 rings (SSSR count). The number of carbonyl (C=O) groups excluding carboxylic acids is 1. The first-order valence-electron chi connectivity index (χ1n) is 10.3. The molecule has 34 heavy (non-hydrogen) atoms. The van der Waals surface area contributed by atoms with Gasteiger partial charge < -0.3 is 15.5 Å². The van der Waals surface area contributed by atoms with E-state index in [1.807, 2.05) is 0 Å². The molecule has 1 fully saturated rings. The highest BCUT2D eigenvalue weighted by Gasteiger charge is 2.51. The van der Waals surface area contributed by atoms with Crippen LogP contribution in [0.5, 0.6) is 0 Å². The molecule has 1 saturated carbocycles. The van der Waals surface area contributed by atoms with Crippen LogP contribution in [0.25, 0.3) is 0 Å². The number of benzene rings is 2. The fraction of sp³-hybridized carbons (Fsp3) is 0.333. The van der Waals surface area contributed by atoms with Crippen molar-refractivity contribution in [2.24, 2.45) is 11.8 Å². The zero-order valence-electron chi connectivity index (χ0n) is 17.8. The van der Waals surface area contributed by atoms with Crippen molar-refractivity contribution < 1.29 is 37.4 Å². The van der Waals surface area contributed by atoms with Crippen molar-refractivity contribution in [3.63, 3.8) is 0 Å². The third kappa shape index (κ3) is 5.67. The second kappa shape index (κ2) is 9.87. The number of hydrogen-bond acceptors (Lipinski definition) is 3. The fourth-order valence-corrected chi connectivity index (χ4v) is 4.79. The van der Waals surface area contributed by atoms with Gasteiger partial charge in [0.15, 0.2) is 0 Å². The number of alkyl halides is 3. The lowest BCUT2D eigenvalue weighted by Gasteiger charge is -2.44. The van der Waals surface area contributed by atoms with Gasteiger partial charge in [0.2, 0.25) is 5.91 Å². The van der Waals surface area contributed by atoms with E-state index >= 15 is 0 Å². The molecular weight excluding hydrogens is 522 g/mol. The van der Waals surface area contributed by atoms with Gasteiger partial charge in [-0.1, -0.05) is 34.1 Å². The molecule has 0 saturated heterocycles. The second-order valence-electron chi connectivity index (χ2n) is 8.44. The third-order valence-electron chi connectivity index (χ3n) is 6.07.